The molecule has 1 N–H and O–H groups in total. The van der Waals surface area contributed by atoms with Crippen LogP contribution in [0.1, 0.15) is 52.7 Å². The second-order valence-electron chi connectivity index (χ2n) is 9.51. The molecule has 0 saturated heterocycles. The van der Waals surface area contributed by atoms with Crippen molar-refractivity contribution in [1.82, 2.24) is 5.32 Å². The highest BCUT2D eigenvalue weighted by molar-refractivity contribution is 5.89. The zero-order chi connectivity index (χ0) is 22.0. The molecule has 0 saturated carbocycles. The summed E-state index contributed by atoms with van der Waals surface area (Å²) in [5.41, 5.74) is 0.178. The molecule has 2 aromatic carbocycles. The van der Waals surface area contributed by atoms with Crippen LogP contribution in [0.2, 0.25) is 0 Å². The minimum atomic E-state index is -4.41. The number of rotatable bonds is 5. The fraction of sp³-hybridized carbons (Fsp3) is 0.458. The molecule has 0 aliphatic carbocycles. The van der Waals surface area contributed by atoms with Gasteiger partial charge in [-0.25, -0.2) is 0 Å². The molecule has 0 amide bonds. The van der Waals surface area contributed by atoms with Crippen LogP contribution in [0.5, 0.6) is 0 Å². The summed E-state index contributed by atoms with van der Waals surface area (Å²) in [6, 6.07) is 12.2. The number of hydrogen-bond donors (Lipinski definition) is 1. The van der Waals surface area contributed by atoms with Crippen molar-refractivity contribution in [3.63, 3.8) is 0 Å². The first kappa shape index (κ1) is 23.1. The molecule has 1 atom stereocenters. The van der Waals surface area contributed by atoms with E-state index in [1.165, 1.54) is 12.1 Å². The predicted molar refractivity (Wildman–Crippen MR) is 112 cm³/mol. The Labute approximate surface area is 171 Å². The van der Waals surface area contributed by atoms with Crippen molar-refractivity contribution < 1.29 is 18.0 Å². The summed E-state index contributed by atoms with van der Waals surface area (Å²) in [7, 11) is 0. The van der Waals surface area contributed by atoms with Gasteiger partial charge in [-0.05, 0) is 49.9 Å². The summed E-state index contributed by atoms with van der Waals surface area (Å²) in [5.74, 6) is 0.110. The van der Waals surface area contributed by atoms with Gasteiger partial charge in [-0.2, -0.15) is 13.2 Å². The van der Waals surface area contributed by atoms with Crippen LogP contribution in [-0.2, 0) is 17.4 Å². The van der Waals surface area contributed by atoms with Gasteiger partial charge in [-0.1, -0.05) is 63.2 Å². The lowest BCUT2D eigenvalue weighted by Crippen LogP contribution is -2.51. The van der Waals surface area contributed by atoms with E-state index >= 15 is 0 Å². The number of Topliss-reactive ketones (excluding diaryl/α,β-unsaturated/α-hetero) is 1. The summed E-state index contributed by atoms with van der Waals surface area (Å²) in [6.45, 7) is 11.7. The fourth-order valence-electron chi connectivity index (χ4n) is 3.29. The topological polar surface area (TPSA) is 29.1 Å². The molecule has 0 aliphatic heterocycles. The highest BCUT2D eigenvalue weighted by Crippen LogP contribution is 2.37. The first-order chi connectivity index (χ1) is 13.2. The molecule has 0 radical (unpaired) electrons. The minimum Gasteiger partial charge on any atom is -0.302 e. The van der Waals surface area contributed by atoms with Crippen molar-refractivity contribution in [2.45, 2.75) is 65.7 Å². The van der Waals surface area contributed by atoms with Gasteiger partial charge < -0.3 is 5.32 Å². The van der Waals surface area contributed by atoms with E-state index in [-0.39, 0.29) is 22.9 Å². The number of benzene rings is 2. The number of halogens is 3. The highest BCUT2D eigenvalue weighted by Gasteiger charge is 2.34. The van der Waals surface area contributed by atoms with E-state index in [2.05, 4.69) is 5.32 Å². The second-order valence-corrected chi connectivity index (χ2v) is 9.51. The number of ketones is 1. The van der Waals surface area contributed by atoms with Gasteiger partial charge in [-0.3, -0.25) is 4.79 Å². The van der Waals surface area contributed by atoms with Gasteiger partial charge in [0.15, 0.2) is 5.78 Å². The van der Waals surface area contributed by atoms with Gasteiger partial charge >= 0.3 is 6.18 Å². The maximum absolute atomic E-state index is 13.3. The summed E-state index contributed by atoms with van der Waals surface area (Å²) >= 11 is 0. The van der Waals surface area contributed by atoms with E-state index < -0.39 is 17.2 Å². The Balaban J connectivity index is 2.31. The Morgan fingerprint density at radius 1 is 0.897 bits per heavy atom. The van der Waals surface area contributed by atoms with Crippen LogP contribution in [0.25, 0.3) is 11.1 Å². The zero-order valence-electron chi connectivity index (χ0n) is 17.9. The quantitative estimate of drug-likeness (QED) is 0.634. The Kier molecular flexibility index (Phi) is 6.63. The lowest BCUT2D eigenvalue weighted by Gasteiger charge is -2.32. The molecule has 2 aromatic rings. The van der Waals surface area contributed by atoms with Gasteiger partial charge in [0.25, 0.3) is 0 Å². The molecule has 158 valence electrons. The third-order valence-corrected chi connectivity index (χ3v) is 4.60. The van der Waals surface area contributed by atoms with Gasteiger partial charge in [0.1, 0.15) is 0 Å². The van der Waals surface area contributed by atoms with E-state index in [0.29, 0.717) is 12.0 Å². The van der Waals surface area contributed by atoms with Crippen molar-refractivity contribution in [2.75, 3.05) is 0 Å². The molecule has 0 heterocycles. The van der Waals surface area contributed by atoms with E-state index in [1.807, 2.05) is 41.5 Å². The average molecular weight is 406 g/mol. The normalized spacial score (nSPS) is 14.0. The van der Waals surface area contributed by atoms with E-state index in [4.69, 9.17) is 0 Å². The van der Waals surface area contributed by atoms with E-state index in [9.17, 15) is 18.0 Å². The second kappa shape index (κ2) is 8.31. The van der Waals surface area contributed by atoms with Crippen LogP contribution < -0.4 is 5.32 Å². The predicted octanol–water partition coefficient (Wildman–Crippen LogP) is 6.29. The van der Waals surface area contributed by atoms with Crippen molar-refractivity contribution in [3.05, 3.63) is 59.7 Å². The summed E-state index contributed by atoms with van der Waals surface area (Å²) in [6.07, 6.45) is -3.93. The van der Waals surface area contributed by atoms with Crippen molar-refractivity contribution in [1.29, 1.82) is 0 Å². The van der Waals surface area contributed by atoms with Crippen LogP contribution in [0, 0.1) is 5.41 Å². The molecule has 0 fully saturated rings. The monoisotopic (exact) mass is 405 g/mol. The Bertz CT molecular complexity index is 840. The molecule has 29 heavy (non-hydrogen) atoms. The van der Waals surface area contributed by atoms with Gasteiger partial charge in [-0.15, -0.1) is 0 Å². The Hall–Kier alpha value is -2.14. The SMILES string of the molecule is CC(C)(C)NC(Cc1ccc(-c2ccccc2C(F)(F)F)cc1)C(=O)C(C)(C)C. The zero-order valence-corrected chi connectivity index (χ0v) is 17.9. The fourth-order valence-corrected chi connectivity index (χ4v) is 3.29. The van der Waals surface area contributed by atoms with Crippen LogP contribution >= 0.6 is 0 Å². The molecule has 0 aromatic heterocycles. The van der Waals surface area contributed by atoms with E-state index in [1.54, 1.807) is 30.3 Å². The van der Waals surface area contributed by atoms with Crippen LogP contribution in [0.15, 0.2) is 48.5 Å². The van der Waals surface area contributed by atoms with Crippen molar-refractivity contribution >= 4 is 5.78 Å². The van der Waals surface area contributed by atoms with Gasteiger partial charge in [0.2, 0.25) is 0 Å². The molecule has 2 nitrogen and oxygen atoms in total. The Morgan fingerprint density at radius 2 is 1.45 bits per heavy atom. The maximum atomic E-state index is 13.3. The van der Waals surface area contributed by atoms with Crippen LogP contribution in [0.3, 0.4) is 0 Å². The van der Waals surface area contributed by atoms with E-state index in [0.717, 1.165) is 11.6 Å². The first-order valence-electron chi connectivity index (χ1n) is 9.76. The van der Waals surface area contributed by atoms with Crippen LogP contribution in [0.4, 0.5) is 13.2 Å². The first-order valence-corrected chi connectivity index (χ1v) is 9.76. The van der Waals surface area contributed by atoms with Crippen molar-refractivity contribution in [2.24, 2.45) is 5.41 Å². The molecule has 0 spiro atoms. The summed E-state index contributed by atoms with van der Waals surface area (Å²) in [5, 5.41) is 3.39. The van der Waals surface area contributed by atoms with Gasteiger partial charge in [0, 0.05) is 11.0 Å². The summed E-state index contributed by atoms with van der Waals surface area (Å²) < 4.78 is 39.9. The average Bonchev–Trinajstić information content (AvgIpc) is 2.58. The minimum absolute atomic E-state index is 0.110. The van der Waals surface area contributed by atoms with Crippen molar-refractivity contribution in [3.8, 4) is 11.1 Å². The molecule has 0 aliphatic rings. The molecule has 0 bridgehead atoms. The number of carbonyl (C=O) groups excluding carboxylic acids is 1. The van der Waals surface area contributed by atoms with Crippen LogP contribution in [-0.4, -0.2) is 17.4 Å². The number of hydrogen-bond acceptors (Lipinski definition) is 2. The smallest absolute Gasteiger partial charge is 0.302 e. The molecular formula is C24H30F3NO. The maximum Gasteiger partial charge on any atom is 0.417 e. The third-order valence-electron chi connectivity index (χ3n) is 4.60. The Morgan fingerprint density at radius 3 is 1.93 bits per heavy atom. The molecular weight excluding hydrogens is 375 g/mol. The number of carbonyl (C=O) groups is 1. The standard InChI is InChI=1S/C24H30F3NO/c1-22(2,3)21(29)20(28-23(4,5)6)15-16-11-13-17(14-12-16)18-9-7-8-10-19(18)24(25,26)27/h7-14,20,28H,15H2,1-6H3. The largest absolute Gasteiger partial charge is 0.417 e. The highest BCUT2D eigenvalue weighted by atomic mass is 19.4. The lowest BCUT2D eigenvalue weighted by atomic mass is 9.83. The summed E-state index contributed by atoms with van der Waals surface area (Å²) in [4.78, 5) is 12.9. The molecule has 2 rings (SSSR count). The number of nitrogens with one attached hydrogen (secondary N) is 1. The molecule has 1 unspecified atom stereocenters. The van der Waals surface area contributed by atoms with Gasteiger partial charge in [0.05, 0.1) is 11.6 Å². The lowest BCUT2D eigenvalue weighted by molar-refractivity contribution is -0.137. The molecule has 5 heteroatoms. The number of alkyl halides is 3. The third kappa shape index (κ3) is 6.43.